The molecule has 2 aromatic rings. The van der Waals surface area contributed by atoms with Crippen molar-refractivity contribution in [2.75, 3.05) is 63.8 Å². The van der Waals surface area contributed by atoms with Crippen molar-refractivity contribution in [1.29, 1.82) is 0 Å². The van der Waals surface area contributed by atoms with Crippen LogP contribution in [0.2, 0.25) is 0 Å². The zero-order valence-electron chi connectivity index (χ0n) is 27.5. The highest BCUT2D eigenvalue weighted by molar-refractivity contribution is 6.01. The molecule has 2 heterocycles. The summed E-state index contributed by atoms with van der Waals surface area (Å²) in [5, 5.41) is 3.13. The first-order chi connectivity index (χ1) is 22.0. The second-order valence-electron chi connectivity index (χ2n) is 12.3. The Morgan fingerprint density at radius 1 is 0.733 bits per heavy atom. The molecule has 1 atom stereocenters. The smallest absolute Gasteiger partial charge is 0.329 e. The van der Waals surface area contributed by atoms with Crippen LogP contribution in [0.3, 0.4) is 0 Å². The number of hydrogen-bond acceptors (Lipinski definition) is 4. The molecule has 2 fully saturated rings. The Hall–Kier alpha value is -3.59. The van der Waals surface area contributed by atoms with Gasteiger partial charge in [0.1, 0.15) is 6.04 Å². The highest BCUT2D eigenvalue weighted by atomic mass is 16.2. The molecule has 0 aliphatic carbocycles. The molecule has 2 saturated heterocycles. The van der Waals surface area contributed by atoms with Gasteiger partial charge in [-0.25, -0.2) is 9.59 Å². The molecule has 246 valence electrons. The Balaban J connectivity index is 1.55. The number of urea groups is 2. The lowest BCUT2D eigenvalue weighted by molar-refractivity contribution is -0.127. The minimum absolute atomic E-state index is 0.0246. The summed E-state index contributed by atoms with van der Waals surface area (Å²) in [4.78, 5) is 51.8. The van der Waals surface area contributed by atoms with Gasteiger partial charge >= 0.3 is 12.1 Å². The van der Waals surface area contributed by atoms with Crippen LogP contribution in [0.1, 0.15) is 71.6 Å². The van der Waals surface area contributed by atoms with E-state index in [0.29, 0.717) is 13.1 Å². The Kier molecular flexibility index (Phi) is 14.0. The summed E-state index contributed by atoms with van der Waals surface area (Å²) in [6.45, 7) is 10.0. The van der Waals surface area contributed by atoms with E-state index in [9.17, 15) is 14.4 Å². The lowest BCUT2D eigenvalue weighted by Crippen LogP contribution is -2.64. The zero-order valence-corrected chi connectivity index (χ0v) is 27.5. The van der Waals surface area contributed by atoms with E-state index in [1.165, 1.54) is 19.3 Å². The van der Waals surface area contributed by atoms with E-state index in [1.54, 1.807) is 14.7 Å². The van der Waals surface area contributed by atoms with Gasteiger partial charge in [0, 0.05) is 39.3 Å². The van der Waals surface area contributed by atoms with Gasteiger partial charge in [0.25, 0.3) is 0 Å². The van der Waals surface area contributed by atoms with Crippen molar-refractivity contribution < 1.29 is 14.4 Å². The van der Waals surface area contributed by atoms with Crippen LogP contribution in [0.5, 0.6) is 0 Å². The van der Waals surface area contributed by atoms with Crippen LogP contribution in [-0.2, 0) is 4.79 Å². The summed E-state index contributed by atoms with van der Waals surface area (Å²) in [6, 6.07) is 18.0. The summed E-state index contributed by atoms with van der Waals surface area (Å²) in [5.74, 6) is -0.206. The molecule has 4 rings (SSSR count). The first kappa shape index (κ1) is 34.3. The minimum atomic E-state index is -0.792. The maximum Gasteiger partial charge on any atom is 0.329 e. The lowest BCUT2D eigenvalue weighted by atomic mass is 10.1. The summed E-state index contributed by atoms with van der Waals surface area (Å²) in [6.07, 6.45) is 9.93. The van der Waals surface area contributed by atoms with Crippen molar-refractivity contribution in [1.82, 2.24) is 24.9 Å². The van der Waals surface area contributed by atoms with E-state index < -0.39 is 6.04 Å². The first-order valence-electron chi connectivity index (χ1n) is 17.3. The van der Waals surface area contributed by atoms with Gasteiger partial charge in [-0.2, -0.15) is 0 Å². The van der Waals surface area contributed by atoms with E-state index in [0.717, 1.165) is 82.6 Å². The Labute approximate surface area is 270 Å². The van der Waals surface area contributed by atoms with E-state index in [2.05, 4.69) is 24.1 Å². The fourth-order valence-electron chi connectivity index (χ4n) is 6.31. The van der Waals surface area contributed by atoms with Crippen LogP contribution in [0.25, 0.3) is 0 Å². The van der Waals surface area contributed by atoms with Crippen molar-refractivity contribution >= 4 is 29.3 Å². The molecule has 0 spiro atoms. The number of para-hydroxylation sites is 2. The molecule has 2 aliphatic heterocycles. The van der Waals surface area contributed by atoms with Gasteiger partial charge < -0.3 is 24.9 Å². The van der Waals surface area contributed by atoms with Crippen LogP contribution in [0.4, 0.5) is 21.0 Å². The molecule has 2 aromatic carbocycles. The van der Waals surface area contributed by atoms with Gasteiger partial charge in [0.05, 0.1) is 17.9 Å². The van der Waals surface area contributed by atoms with Crippen LogP contribution in [-0.4, -0.2) is 103 Å². The van der Waals surface area contributed by atoms with Gasteiger partial charge in [-0.1, -0.05) is 82.3 Å². The minimum Gasteiger partial charge on any atom is -0.353 e. The van der Waals surface area contributed by atoms with Crippen molar-refractivity contribution in [3.8, 4) is 0 Å². The largest absolute Gasteiger partial charge is 0.353 e. The fraction of sp³-hybridized carbons (Fsp3) is 0.583. The standard InChI is InChI=1S/C36H54N6O3/c1-3-5-14-25-39(26-15-6-4-2)35(44)40-28-29-41(33(30-40)34(43)37-22-27-38-23-16-9-17-24-38)36(45)42(31-18-10-7-11-19-31)32-20-12-8-13-21-32/h7-8,10-13,18-21,33H,3-6,9,14-17,22-30H2,1-2H3,(H,37,43). The van der Waals surface area contributed by atoms with Crippen LogP contribution < -0.4 is 10.2 Å². The Morgan fingerprint density at radius 2 is 1.31 bits per heavy atom. The van der Waals surface area contributed by atoms with Crippen molar-refractivity contribution in [3.05, 3.63) is 60.7 Å². The lowest BCUT2D eigenvalue weighted by Gasteiger charge is -2.43. The van der Waals surface area contributed by atoms with Crippen molar-refractivity contribution in [3.63, 3.8) is 0 Å². The number of benzene rings is 2. The third kappa shape index (κ3) is 9.95. The number of likely N-dealkylation sites (tertiary alicyclic amines) is 1. The van der Waals surface area contributed by atoms with E-state index in [-0.39, 0.29) is 31.1 Å². The molecule has 1 unspecified atom stereocenters. The summed E-state index contributed by atoms with van der Waals surface area (Å²) < 4.78 is 0. The zero-order chi connectivity index (χ0) is 31.9. The highest BCUT2D eigenvalue weighted by Crippen LogP contribution is 2.28. The monoisotopic (exact) mass is 618 g/mol. The molecule has 0 aromatic heterocycles. The number of hydrogen-bond donors (Lipinski definition) is 1. The highest BCUT2D eigenvalue weighted by Gasteiger charge is 2.40. The summed E-state index contributed by atoms with van der Waals surface area (Å²) in [7, 11) is 0. The molecule has 0 saturated carbocycles. The number of carbonyl (C=O) groups is 3. The summed E-state index contributed by atoms with van der Waals surface area (Å²) in [5.41, 5.74) is 1.46. The molecule has 45 heavy (non-hydrogen) atoms. The number of anilines is 2. The molecule has 0 bridgehead atoms. The second-order valence-corrected chi connectivity index (χ2v) is 12.3. The predicted octanol–water partition coefficient (Wildman–Crippen LogP) is 6.34. The molecular weight excluding hydrogens is 564 g/mol. The molecule has 9 heteroatoms. The quantitative estimate of drug-likeness (QED) is 0.251. The number of nitrogens with zero attached hydrogens (tertiary/aromatic N) is 5. The van der Waals surface area contributed by atoms with Crippen LogP contribution >= 0.6 is 0 Å². The van der Waals surface area contributed by atoms with Gasteiger partial charge in [0.2, 0.25) is 5.91 Å². The maximum atomic E-state index is 14.4. The van der Waals surface area contributed by atoms with E-state index in [1.807, 2.05) is 65.6 Å². The number of nitrogens with one attached hydrogen (secondary N) is 1. The van der Waals surface area contributed by atoms with Gasteiger partial charge in [-0.3, -0.25) is 9.69 Å². The van der Waals surface area contributed by atoms with Crippen LogP contribution in [0.15, 0.2) is 60.7 Å². The molecule has 0 radical (unpaired) electrons. The third-order valence-electron chi connectivity index (χ3n) is 8.93. The maximum absolute atomic E-state index is 14.4. The number of rotatable bonds is 14. The van der Waals surface area contributed by atoms with Gasteiger partial charge in [0.15, 0.2) is 0 Å². The number of carbonyl (C=O) groups excluding carboxylic acids is 3. The van der Waals surface area contributed by atoms with E-state index in [4.69, 9.17) is 0 Å². The Bertz CT molecular complexity index is 1120. The molecule has 2 aliphatic rings. The number of piperazine rings is 1. The SMILES string of the molecule is CCCCCN(CCCCC)C(=O)N1CCN(C(=O)N(c2ccccc2)c2ccccc2)C(C(=O)NCCN2CCCCC2)C1. The number of piperidine rings is 1. The topological polar surface area (TPSA) is 79.4 Å². The number of amides is 5. The molecular formula is C36H54N6O3. The van der Waals surface area contributed by atoms with E-state index >= 15 is 0 Å². The summed E-state index contributed by atoms with van der Waals surface area (Å²) >= 11 is 0. The van der Waals surface area contributed by atoms with Gasteiger partial charge in [-0.15, -0.1) is 0 Å². The third-order valence-corrected chi connectivity index (χ3v) is 8.93. The van der Waals surface area contributed by atoms with Crippen LogP contribution in [0, 0.1) is 0 Å². The average molecular weight is 619 g/mol. The first-order valence-corrected chi connectivity index (χ1v) is 17.3. The second kappa shape index (κ2) is 18.4. The fourth-order valence-corrected chi connectivity index (χ4v) is 6.31. The van der Waals surface area contributed by atoms with Crippen molar-refractivity contribution in [2.24, 2.45) is 0 Å². The number of unbranched alkanes of at least 4 members (excludes halogenated alkanes) is 4. The molecule has 1 N–H and O–H groups in total. The predicted molar refractivity (Wildman–Crippen MR) is 182 cm³/mol. The van der Waals surface area contributed by atoms with Crippen molar-refractivity contribution in [2.45, 2.75) is 77.7 Å². The van der Waals surface area contributed by atoms with Gasteiger partial charge in [-0.05, 0) is 63.0 Å². The average Bonchev–Trinajstić information content (AvgIpc) is 3.08. The molecule has 5 amide bonds. The molecule has 9 nitrogen and oxygen atoms in total. The Morgan fingerprint density at radius 3 is 1.87 bits per heavy atom. The normalized spacial score (nSPS) is 17.2.